The summed E-state index contributed by atoms with van der Waals surface area (Å²) in [6.07, 6.45) is 4.21. The summed E-state index contributed by atoms with van der Waals surface area (Å²) in [7, 11) is 0. The number of hydrogen-bond donors (Lipinski definition) is 1. The lowest BCUT2D eigenvalue weighted by Crippen LogP contribution is -2.24. The van der Waals surface area contributed by atoms with Crippen molar-refractivity contribution in [3.05, 3.63) is 51.9 Å². The largest absolute Gasteiger partial charge is 0.357 e. The summed E-state index contributed by atoms with van der Waals surface area (Å²) >= 11 is 11.8. The molecule has 0 aromatic carbocycles. The molecule has 0 atom stereocenters. The molecule has 0 bridgehead atoms. The lowest BCUT2D eigenvalue weighted by molar-refractivity contribution is 0.0946. The number of rotatable bonds is 4. The van der Waals surface area contributed by atoms with Crippen LogP contribution in [0, 0.1) is 0 Å². The van der Waals surface area contributed by atoms with Crippen molar-refractivity contribution in [2.45, 2.75) is 19.4 Å². The molecule has 0 saturated carbocycles. The van der Waals surface area contributed by atoms with Crippen molar-refractivity contribution < 1.29 is 4.79 Å². The van der Waals surface area contributed by atoms with Gasteiger partial charge in [-0.3, -0.25) is 4.79 Å². The molecule has 0 unspecified atom stereocenters. The summed E-state index contributed by atoms with van der Waals surface area (Å²) < 4.78 is 0. The maximum atomic E-state index is 12.1. The smallest absolute Gasteiger partial charge is 0.271 e. The molecule has 1 N–H and O–H groups in total. The fourth-order valence-electron chi connectivity index (χ4n) is 2.50. The van der Waals surface area contributed by atoms with Crippen LogP contribution in [0.4, 0.5) is 5.82 Å². The molecule has 1 amide bonds. The van der Waals surface area contributed by atoms with Crippen LogP contribution in [0.15, 0.2) is 30.5 Å². The predicted molar refractivity (Wildman–Crippen MR) is 91.1 cm³/mol. The molecule has 120 valence electrons. The van der Waals surface area contributed by atoms with Crippen LogP contribution in [-0.2, 0) is 6.54 Å². The van der Waals surface area contributed by atoms with Gasteiger partial charge in [-0.1, -0.05) is 29.3 Å². The number of nitrogens with one attached hydrogen (secondary N) is 1. The van der Waals surface area contributed by atoms with Gasteiger partial charge in [-0.15, -0.1) is 0 Å². The van der Waals surface area contributed by atoms with E-state index in [4.69, 9.17) is 23.2 Å². The Kier molecular flexibility index (Phi) is 4.98. The number of aromatic nitrogens is 2. The van der Waals surface area contributed by atoms with Gasteiger partial charge >= 0.3 is 0 Å². The van der Waals surface area contributed by atoms with E-state index in [1.54, 1.807) is 18.3 Å². The van der Waals surface area contributed by atoms with Gasteiger partial charge in [0.1, 0.15) is 16.7 Å². The highest BCUT2D eigenvalue weighted by molar-refractivity contribution is 6.34. The molecule has 23 heavy (non-hydrogen) atoms. The summed E-state index contributed by atoms with van der Waals surface area (Å²) in [6, 6.07) is 7.05. The van der Waals surface area contributed by atoms with Crippen LogP contribution >= 0.6 is 23.2 Å². The number of anilines is 1. The Morgan fingerprint density at radius 2 is 1.96 bits per heavy atom. The van der Waals surface area contributed by atoms with Crippen LogP contribution in [0.2, 0.25) is 10.2 Å². The molecule has 3 rings (SSSR count). The Hall–Kier alpha value is -1.85. The zero-order valence-electron chi connectivity index (χ0n) is 12.4. The van der Waals surface area contributed by atoms with Crippen molar-refractivity contribution in [2.75, 3.05) is 18.0 Å². The lowest BCUT2D eigenvalue weighted by atomic mass is 10.2. The van der Waals surface area contributed by atoms with Crippen LogP contribution in [0.5, 0.6) is 0 Å². The van der Waals surface area contributed by atoms with Crippen LogP contribution in [0.1, 0.15) is 28.9 Å². The molecule has 0 spiro atoms. The molecule has 2 aromatic rings. The molecule has 0 aliphatic carbocycles. The van der Waals surface area contributed by atoms with E-state index in [0.29, 0.717) is 6.54 Å². The third kappa shape index (κ3) is 3.92. The lowest BCUT2D eigenvalue weighted by Gasteiger charge is -2.16. The normalized spacial score (nSPS) is 14.1. The maximum Gasteiger partial charge on any atom is 0.271 e. The van der Waals surface area contributed by atoms with Gasteiger partial charge in [-0.2, -0.15) is 0 Å². The minimum Gasteiger partial charge on any atom is -0.357 e. The van der Waals surface area contributed by atoms with E-state index in [0.717, 1.165) is 24.5 Å². The Labute approximate surface area is 144 Å². The van der Waals surface area contributed by atoms with Crippen molar-refractivity contribution in [1.82, 2.24) is 15.3 Å². The van der Waals surface area contributed by atoms with Crippen molar-refractivity contribution in [3.63, 3.8) is 0 Å². The van der Waals surface area contributed by atoms with Gasteiger partial charge in [0.05, 0.1) is 5.02 Å². The second-order valence-corrected chi connectivity index (χ2v) is 6.16. The number of carbonyl (C=O) groups is 1. The van der Waals surface area contributed by atoms with Gasteiger partial charge in [0.2, 0.25) is 0 Å². The number of halogens is 2. The molecule has 1 fully saturated rings. The molecule has 3 heterocycles. The van der Waals surface area contributed by atoms with Crippen LogP contribution < -0.4 is 10.2 Å². The maximum absolute atomic E-state index is 12.1. The summed E-state index contributed by atoms with van der Waals surface area (Å²) in [6.45, 7) is 2.47. The molecule has 1 saturated heterocycles. The Bertz CT molecular complexity index is 700. The van der Waals surface area contributed by atoms with Crippen molar-refractivity contribution in [2.24, 2.45) is 0 Å². The number of hydrogen-bond acceptors (Lipinski definition) is 4. The molecule has 5 nitrogen and oxygen atoms in total. The van der Waals surface area contributed by atoms with E-state index in [9.17, 15) is 4.79 Å². The average molecular weight is 351 g/mol. The van der Waals surface area contributed by atoms with Gasteiger partial charge in [-0.25, -0.2) is 9.97 Å². The van der Waals surface area contributed by atoms with Gasteiger partial charge in [0.25, 0.3) is 5.91 Å². The summed E-state index contributed by atoms with van der Waals surface area (Å²) in [5.41, 5.74) is 1.04. The monoisotopic (exact) mass is 350 g/mol. The highest BCUT2D eigenvalue weighted by Crippen LogP contribution is 2.18. The van der Waals surface area contributed by atoms with Crippen LogP contribution in [0.25, 0.3) is 0 Å². The van der Waals surface area contributed by atoms with E-state index in [1.165, 1.54) is 12.8 Å². The molecular formula is C16H16Cl2N4O. The van der Waals surface area contributed by atoms with Crippen LogP contribution in [0.3, 0.4) is 0 Å². The SMILES string of the molecule is O=C(NCc1ccc(N2CCCC2)nc1)c1nc(Cl)ccc1Cl. The summed E-state index contributed by atoms with van der Waals surface area (Å²) in [4.78, 5) is 22.8. The first-order valence-electron chi connectivity index (χ1n) is 7.43. The quantitative estimate of drug-likeness (QED) is 0.859. The van der Waals surface area contributed by atoms with Crippen molar-refractivity contribution >= 4 is 34.9 Å². The summed E-state index contributed by atoms with van der Waals surface area (Å²) in [5, 5.41) is 3.28. The van der Waals surface area contributed by atoms with E-state index in [1.807, 2.05) is 12.1 Å². The van der Waals surface area contributed by atoms with E-state index in [-0.39, 0.29) is 21.8 Å². The minimum absolute atomic E-state index is 0.126. The van der Waals surface area contributed by atoms with Crippen LogP contribution in [-0.4, -0.2) is 29.0 Å². The Balaban J connectivity index is 1.61. The zero-order valence-corrected chi connectivity index (χ0v) is 13.9. The van der Waals surface area contributed by atoms with E-state index in [2.05, 4.69) is 20.2 Å². The van der Waals surface area contributed by atoms with E-state index < -0.39 is 0 Å². The average Bonchev–Trinajstić information content (AvgIpc) is 3.10. The van der Waals surface area contributed by atoms with Gasteiger partial charge < -0.3 is 10.2 Å². The van der Waals surface area contributed by atoms with Gasteiger partial charge in [-0.05, 0) is 36.6 Å². The Morgan fingerprint density at radius 3 is 2.65 bits per heavy atom. The standard InChI is InChI=1S/C16H16Cl2N4O/c17-12-4-5-13(18)21-15(12)16(23)20-10-11-3-6-14(19-9-11)22-7-1-2-8-22/h3-6,9H,1-2,7-8,10H2,(H,20,23). The molecule has 7 heteroatoms. The number of pyridine rings is 2. The minimum atomic E-state index is -0.360. The molecule has 1 aliphatic heterocycles. The fourth-order valence-corrected chi connectivity index (χ4v) is 2.84. The van der Waals surface area contributed by atoms with Gasteiger partial charge in [0, 0.05) is 25.8 Å². The fraction of sp³-hybridized carbons (Fsp3) is 0.312. The second kappa shape index (κ2) is 7.15. The zero-order chi connectivity index (χ0) is 16.2. The number of nitrogens with zero attached hydrogens (tertiary/aromatic N) is 3. The predicted octanol–water partition coefficient (Wildman–Crippen LogP) is 3.31. The second-order valence-electron chi connectivity index (χ2n) is 5.37. The first-order valence-corrected chi connectivity index (χ1v) is 8.19. The topological polar surface area (TPSA) is 58.1 Å². The summed E-state index contributed by atoms with van der Waals surface area (Å²) in [5.74, 6) is 0.623. The van der Waals surface area contributed by atoms with Gasteiger partial charge in [0.15, 0.2) is 0 Å². The highest BCUT2D eigenvalue weighted by Gasteiger charge is 2.14. The third-order valence-corrected chi connectivity index (χ3v) is 4.23. The van der Waals surface area contributed by atoms with Crippen molar-refractivity contribution in [3.8, 4) is 0 Å². The molecule has 2 aromatic heterocycles. The van der Waals surface area contributed by atoms with Crippen molar-refractivity contribution in [1.29, 1.82) is 0 Å². The Morgan fingerprint density at radius 1 is 1.17 bits per heavy atom. The highest BCUT2D eigenvalue weighted by atomic mass is 35.5. The number of carbonyl (C=O) groups excluding carboxylic acids is 1. The first-order chi connectivity index (χ1) is 11.1. The molecular weight excluding hydrogens is 335 g/mol. The van der Waals surface area contributed by atoms with E-state index >= 15 is 0 Å². The third-order valence-electron chi connectivity index (χ3n) is 3.72. The number of amides is 1. The molecule has 1 aliphatic rings. The first kappa shape index (κ1) is 16.0. The molecule has 0 radical (unpaired) electrons.